The van der Waals surface area contributed by atoms with Crippen LogP contribution in [0.25, 0.3) is 0 Å². The second-order valence-corrected chi connectivity index (χ2v) is 8.26. The van der Waals surface area contributed by atoms with Crippen molar-refractivity contribution in [3.8, 4) is 5.75 Å². The molecule has 3 amide bonds. The van der Waals surface area contributed by atoms with Crippen LogP contribution in [0, 0.1) is 0 Å². The van der Waals surface area contributed by atoms with Gasteiger partial charge >= 0.3 is 6.03 Å². The third kappa shape index (κ3) is 4.24. The summed E-state index contributed by atoms with van der Waals surface area (Å²) in [6, 6.07) is 16.1. The van der Waals surface area contributed by atoms with Crippen LogP contribution in [0.2, 0.25) is 5.02 Å². The van der Waals surface area contributed by atoms with Crippen LogP contribution in [0.5, 0.6) is 5.75 Å². The average Bonchev–Trinajstić information content (AvgIpc) is 3.11. The van der Waals surface area contributed by atoms with Crippen molar-refractivity contribution in [2.45, 2.75) is 18.0 Å². The Morgan fingerprint density at radius 2 is 1.87 bits per heavy atom. The van der Waals surface area contributed by atoms with E-state index >= 15 is 0 Å². The van der Waals surface area contributed by atoms with Gasteiger partial charge in [-0.15, -0.1) is 0 Å². The fourth-order valence-corrected chi connectivity index (χ4v) is 4.76. The Labute approximate surface area is 184 Å². The van der Waals surface area contributed by atoms with E-state index in [1.54, 1.807) is 7.05 Å². The number of carbonyl (C=O) groups is 2. The first kappa shape index (κ1) is 20.6. The second-order valence-electron chi connectivity index (χ2n) is 6.91. The molecule has 156 valence electrons. The number of rotatable bonds is 6. The quantitative estimate of drug-likeness (QED) is 0.740. The summed E-state index contributed by atoms with van der Waals surface area (Å²) >= 11 is 7.78. The van der Waals surface area contributed by atoms with Crippen molar-refractivity contribution < 1.29 is 14.3 Å². The number of ether oxygens (including phenoxy) is 1. The first-order chi connectivity index (χ1) is 14.5. The SMILES string of the molecule is CN1C(=O)NC(=O)C2C1N=C(SCc1ccccc1Cl)N2CCOc1ccccc1. The van der Waals surface area contributed by atoms with Gasteiger partial charge in [-0.2, -0.15) is 0 Å². The third-order valence-corrected chi connectivity index (χ3v) is 6.40. The van der Waals surface area contributed by atoms with Gasteiger partial charge in [0.15, 0.2) is 17.4 Å². The fourth-order valence-electron chi connectivity index (χ4n) is 3.39. The number of imide groups is 1. The highest BCUT2D eigenvalue weighted by Gasteiger charge is 2.48. The van der Waals surface area contributed by atoms with E-state index in [9.17, 15) is 9.59 Å². The number of amides is 3. The minimum atomic E-state index is -0.583. The van der Waals surface area contributed by atoms with Crippen LogP contribution in [0.3, 0.4) is 0 Å². The smallest absolute Gasteiger partial charge is 0.325 e. The van der Waals surface area contributed by atoms with Gasteiger partial charge in [0.1, 0.15) is 12.4 Å². The van der Waals surface area contributed by atoms with Gasteiger partial charge in [-0.1, -0.05) is 59.8 Å². The van der Waals surface area contributed by atoms with Crippen molar-refractivity contribution in [1.82, 2.24) is 15.1 Å². The fraction of sp³-hybridized carbons (Fsp3) is 0.286. The number of hydrogen-bond acceptors (Lipinski definition) is 6. The predicted octanol–water partition coefficient (Wildman–Crippen LogP) is 3.20. The van der Waals surface area contributed by atoms with Gasteiger partial charge in [-0.05, 0) is 23.8 Å². The summed E-state index contributed by atoms with van der Waals surface area (Å²) in [5.74, 6) is 1.02. The molecule has 0 spiro atoms. The molecule has 4 rings (SSSR count). The van der Waals surface area contributed by atoms with E-state index in [0.29, 0.717) is 29.1 Å². The minimum Gasteiger partial charge on any atom is -0.492 e. The van der Waals surface area contributed by atoms with E-state index in [-0.39, 0.29) is 5.91 Å². The molecule has 2 heterocycles. The Kier molecular flexibility index (Phi) is 6.15. The standard InChI is InChI=1S/C21H21ClN4O3S/c1-25-18-17(19(27)24-20(25)28)26(11-12-29-15-8-3-2-4-9-15)21(23-18)30-13-14-7-5-6-10-16(14)22/h2-10,17-18H,11-13H2,1H3,(H,24,27,28). The molecule has 0 radical (unpaired) electrons. The zero-order valence-electron chi connectivity index (χ0n) is 16.3. The Bertz CT molecular complexity index is 972. The maximum atomic E-state index is 12.6. The van der Waals surface area contributed by atoms with E-state index < -0.39 is 18.2 Å². The Morgan fingerprint density at radius 3 is 2.63 bits per heavy atom. The Morgan fingerprint density at radius 1 is 1.13 bits per heavy atom. The largest absolute Gasteiger partial charge is 0.492 e. The van der Waals surface area contributed by atoms with Gasteiger partial charge in [0.05, 0.1) is 6.54 Å². The summed E-state index contributed by atoms with van der Waals surface area (Å²) in [4.78, 5) is 32.7. The third-order valence-electron chi connectivity index (χ3n) is 4.98. The summed E-state index contributed by atoms with van der Waals surface area (Å²) in [6.45, 7) is 0.837. The van der Waals surface area contributed by atoms with Crippen molar-refractivity contribution in [2.24, 2.45) is 4.99 Å². The number of para-hydroxylation sites is 1. The highest BCUT2D eigenvalue weighted by Crippen LogP contribution is 2.31. The maximum Gasteiger partial charge on any atom is 0.325 e. The molecule has 9 heteroatoms. The molecule has 2 aromatic rings. The van der Waals surface area contributed by atoms with Crippen molar-refractivity contribution in [2.75, 3.05) is 20.2 Å². The number of fused-ring (bicyclic) bond motifs is 1. The number of nitrogens with one attached hydrogen (secondary N) is 1. The second kappa shape index (κ2) is 8.97. The van der Waals surface area contributed by atoms with Crippen LogP contribution in [-0.4, -0.2) is 59.3 Å². The van der Waals surface area contributed by atoms with Gasteiger partial charge < -0.3 is 14.5 Å². The van der Waals surface area contributed by atoms with Gasteiger partial charge in [0.25, 0.3) is 5.91 Å². The predicted molar refractivity (Wildman–Crippen MR) is 118 cm³/mol. The molecule has 7 nitrogen and oxygen atoms in total. The van der Waals surface area contributed by atoms with Crippen molar-refractivity contribution in [3.05, 3.63) is 65.2 Å². The molecular formula is C21H21ClN4O3S. The molecule has 1 fully saturated rings. The van der Waals surface area contributed by atoms with Gasteiger partial charge in [-0.25, -0.2) is 9.79 Å². The lowest BCUT2D eigenvalue weighted by Crippen LogP contribution is -2.63. The van der Waals surface area contributed by atoms with Crippen molar-refractivity contribution in [1.29, 1.82) is 0 Å². The summed E-state index contributed by atoms with van der Waals surface area (Å²) in [7, 11) is 1.64. The van der Waals surface area contributed by atoms with Crippen LogP contribution >= 0.6 is 23.4 Å². The van der Waals surface area contributed by atoms with Crippen LogP contribution in [0.15, 0.2) is 59.6 Å². The van der Waals surface area contributed by atoms with Crippen LogP contribution < -0.4 is 10.1 Å². The molecule has 2 aliphatic rings. The molecule has 1 N–H and O–H groups in total. The van der Waals surface area contributed by atoms with Crippen LogP contribution in [-0.2, 0) is 10.5 Å². The van der Waals surface area contributed by atoms with Crippen LogP contribution in [0.1, 0.15) is 5.56 Å². The van der Waals surface area contributed by atoms with Gasteiger partial charge in [0, 0.05) is 17.8 Å². The first-order valence-electron chi connectivity index (χ1n) is 9.51. The number of aliphatic imine (C=N–C) groups is 1. The molecule has 2 aromatic carbocycles. The Hall–Kier alpha value is -2.71. The van der Waals surface area contributed by atoms with E-state index in [2.05, 4.69) is 5.32 Å². The molecule has 0 bridgehead atoms. The van der Waals surface area contributed by atoms with Crippen molar-refractivity contribution in [3.63, 3.8) is 0 Å². The molecule has 2 aliphatic heterocycles. The van der Waals surface area contributed by atoms with E-state index in [1.165, 1.54) is 16.7 Å². The lowest BCUT2D eigenvalue weighted by molar-refractivity contribution is -0.127. The maximum absolute atomic E-state index is 12.6. The summed E-state index contributed by atoms with van der Waals surface area (Å²) < 4.78 is 5.82. The molecule has 0 aromatic heterocycles. The molecule has 30 heavy (non-hydrogen) atoms. The van der Waals surface area contributed by atoms with E-state index in [1.807, 2.05) is 59.5 Å². The molecule has 1 saturated heterocycles. The van der Waals surface area contributed by atoms with E-state index in [4.69, 9.17) is 21.3 Å². The molecule has 2 unspecified atom stereocenters. The monoisotopic (exact) mass is 444 g/mol. The average molecular weight is 445 g/mol. The number of hydrogen-bond donors (Lipinski definition) is 1. The number of urea groups is 1. The lowest BCUT2D eigenvalue weighted by atomic mass is 10.1. The first-order valence-corrected chi connectivity index (χ1v) is 10.9. The van der Waals surface area contributed by atoms with E-state index in [0.717, 1.165) is 11.3 Å². The van der Waals surface area contributed by atoms with Crippen LogP contribution in [0.4, 0.5) is 4.79 Å². The number of halogens is 1. The number of nitrogens with zero attached hydrogens (tertiary/aromatic N) is 3. The van der Waals surface area contributed by atoms with Gasteiger partial charge in [-0.3, -0.25) is 10.1 Å². The molecular weight excluding hydrogens is 424 g/mol. The van der Waals surface area contributed by atoms with Crippen molar-refractivity contribution >= 4 is 40.5 Å². The molecule has 2 atom stereocenters. The minimum absolute atomic E-state index is 0.347. The number of likely N-dealkylation sites (N-methyl/N-ethyl adjacent to an activating group) is 1. The molecule has 0 aliphatic carbocycles. The zero-order valence-corrected chi connectivity index (χ0v) is 17.9. The number of thioether (sulfide) groups is 1. The molecule has 0 saturated carbocycles. The highest BCUT2D eigenvalue weighted by atomic mass is 35.5. The topological polar surface area (TPSA) is 74.2 Å². The number of carbonyl (C=O) groups excluding carboxylic acids is 2. The number of amidine groups is 1. The summed E-state index contributed by atoms with van der Waals surface area (Å²) in [6.07, 6.45) is -0.559. The Balaban J connectivity index is 1.50. The highest BCUT2D eigenvalue weighted by molar-refractivity contribution is 8.13. The summed E-state index contributed by atoms with van der Waals surface area (Å²) in [5.41, 5.74) is 0.983. The van der Waals surface area contributed by atoms with Gasteiger partial charge in [0.2, 0.25) is 0 Å². The lowest BCUT2D eigenvalue weighted by Gasteiger charge is -2.36. The zero-order chi connectivity index (χ0) is 21.1. The normalized spacial score (nSPS) is 20.7. The summed E-state index contributed by atoms with van der Waals surface area (Å²) in [5, 5.41) is 3.78. The number of benzene rings is 2.